The summed E-state index contributed by atoms with van der Waals surface area (Å²) >= 11 is 0. The number of fused-ring (bicyclic) bond motifs is 1. The first-order valence-electron chi connectivity index (χ1n) is 6.74. The van der Waals surface area contributed by atoms with Crippen molar-refractivity contribution >= 4 is 8.07 Å². The van der Waals surface area contributed by atoms with E-state index in [9.17, 15) is 0 Å². The van der Waals surface area contributed by atoms with E-state index in [2.05, 4.69) is 31.8 Å². The van der Waals surface area contributed by atoms with Crippen molar-refractivity contribution in [1.82, 2.24) is 0 Å². The van der Waals surface area contributed by atoms with Crippen LogP contribution in [-0.4, -0.2) is 8.07 Å². The second kappa shape index (κ2) is 4.45. The summed E-state index contributed by atoms with van der Waals surface area (Å²) in [6, 6.07) is 0. The maximum atomic E-state index is 2.56. The maximum absolute atomic E-state index is 2.56. The molecule has 0 amide bonds. The fraction of sp³-hybridized carbons (Fsp3) is 0.857. The van der Waals surface area contributed by atoms with E-state index in [0.29, 0.717) is 0 Å². The lowest BCUT2D eigenvalue weighted by Crippen LogP contribution is -2.26. The SMILES string of the molecule is C[Si](C)(C)C1CC2C=CCCCCC2C1. The normalized spacial score (nSPS) is 37.1. The Balaban J connectivity index is 2.04. The topological polar surface area (TPSA) is 0 Å². The van der Waals surface area contributed by atoms with Gasteiger partial charge in [-0.2, -0.15) is 0 Å². The summed E-state index contributed by atoms with van der Waals surface area (Å²) in [4.78, 5) is 0. The van der Waals surface area contributed by atoms with Crippen LogP contribution in [0.1, 0.15) is 38.5 Å². The molecule has 0 aliphatic heterocycles. The van der Waals surface area contributed by atoms with Crippen molar-refractivity contribution in [3.05, 3.63) is 12.2 Å². The number of rotatable bonds is 1. The zero-order valence-corrected chi connectivity index (χ0v) is 11.6. The minimum atomic E-state index is -0.879. The van der Waals surface area contributed by atoms with E-state index in [4.69, 9.17) is 0 Å². The van der Waals surface area contributed by atoms with Gasteiger partial charge in [-0.15, -0.1) is 0 Å². The van der Waals surface area contributed by atoms with Crippen LogP contribution < -0.4 is 0 Å². The molecule has 0 aromatic rings. The average Bonchev–Trinajstić information content (AvgIpc) is 2.46. The summed E-state index contributed by atoms with van der Waals surface area (Å²) in [5.74, 6) is 1.99. The highest BCUT2D eigenvalue weighted by molar-refractivity contribution is 6.77. The molecule has 15 heavy (non-hydrogen) atoms. The molecule has 3 unspecified atom stereocenters. The Kier molecular flexibility index (Phi) is 3.39. The second-order valence-electron chi connectivity index (χ2n) is 6.67. The first-order valence-corrected chi connectivity index (χ1v) is 10.3. The van der Waals surface area contributed by atoms with Gasteiger partial charge in [0.15, 0.2) is 0 Å². The zero-order chi connectivity index (χ0) is 10.9. The summed E-state index contributed by atoms with van der Waals surface area (Å²) in [7, 11) is -0.879. The minimum absolute atomic E-state index is 0.879. The van der Waals surface area contributed by atoms with E-state index in [-0.39, 0.29) is 0 Å². The fourth-order valence-electron chi connectivity index (χ4n) is 3.37. The lowest BCUT2D eigenvalue weighted by Gasteiger charge is -2.24. The van der Waals surface area contributed by atoms with Crippen molar-refractivity contribution in [2.45, 2.75) is 63.7 Å². The molecule has 0 aromatic carbocycles. The van der Waals surface area contributed by atoms with Crippen LogP contribution in [0.4, 0.5) is 0 Å². The first kappa shape index (κ1) is 11.4. The molecule has 0 radical (unpaired) electrons. The minimum Gasteiger partial charge on any atom is -0.0882 e. The Labute approximate surface area is 96.2 Å². The molecule has 0 bridgehead atoms. The molecule has 2 aliphatic rings. The van der Waals surface area contributed by atoms with E-state index in [0.717, 1.165) is 17.4 Å². The van der Waals surface area contributed by atoms with Crippen LogP contribution in [-0.2, 0) is 0 Å². The lowest BCUT2D eigenvalue weighted by atomic mass is 9.88. The summed E-state index contributed by atoms with van der Waals surface area (Å²) in [5, 5.41) is 0. The molecule has 86 valence electrons. The predicted octanol–water partition coefficient (Wildman–Crippen LogP) is 4.85. The largest absolute Gasteiger partial charge is 0.0882 e. The van der Waals surface area contributed by atoms with Crippen molar-refractivity contribution in [3.8, 4) is 0 Å². The van der Waals surface area contributed by atoms with Gasteiger partial charge in [0.2, 0.25) is 0 Å². The zero-order valence-electron chi connectivity index (χ0n) is 10.6. The van der Waals surface area contributed by atoms with Crippen LogP contribution in [0.15, 0.2) is 12.2 Å². The van der Waals surface area contributed by atoms with Gasteiger partial charge >= 0.3 is 0 Å². The van der Waals surface area contributed by atoms with Gasteiger partial charge < -0.3 is 0 Å². The highest BCUT2D eigenvalue weighted by Gasteiger charge is 2.38. The van der Waals surface area contributed by atoms with Crippen LogP contribution in [0.2, 0.25) is 25.2 Å². The molecule has 1 fully saturated rings. The third-order valence-electron chi connectivity index (χ3n) is 4.55. The van der Waals surface area contributed by atoms with Gasteiger partial charge in [-0.25, -0.2) is 0 Å². The quantitative estimate of drug-likeness (QED) is 0.439. The highest BCUT2D eigenvalue weighted by atomic mass is 28.3. The highest BCUT2D eigenvalue weighted by Crippen LogP contribution is 2.48. The molecular formula is C14H26Si. The molecule has 2 rings (SSSR count). The number of hydrogen-bond donors (Lipinski definition) is 0. The van der Waals surface area contributed by atoms with E-state index in [1.54, 1.807) is 6.42 Å². The first-order chi connectivity index (χ1) is 7.07. The van der Waals surface area contributed by atoms with Crippen molar-refractivity contribution < 1.29 is 0 Å². The molecule has 0 saturated heterocycles. The van der Waals surface area contributed by atoms with Crippen LogP contribution in [0.5, 0.6) is 0 Å². The Hall–Kier alpha value is -0.0431. The Bertz CT molecular complexity index is 236. The molecule has 0 N–H and O–H groups in total. The Morgan fingerprint density at radius 1 is 1.07 bits per heavy atom. The van der Waals surface area contributed by atoms with E-state index in [1.165, 1.54) is 32.1 Å². The monoisotopic (exact) mass is 222 g/mol. The second-order valence-corrected chi connectivity index (χ2v) is 12.2. The van der Waals surface area contributed by atoms with Crippen LogP contribution in [0.25, 0.3) is 0 Å². The number of allylic oxidation sites excluding steroid dienone is 2. The third kappa shape index (κ3) is 2.75. The summed E-state index contributed by atoms with van der Waals surface area (Å²) in [5.41, 5.74) is 1.09. The standard InChI is InChI=1S/C14H26Si/c1-15(2,3)14-10-12-8-6-4-5-7-9-13(12)11-14/h6,8,12-14H,4-5,7,9-11H2,1-3H3. The molecule has 0 spiro atoms. The van der Waals surface area contributed by atoms with Crippen LogP contribution in [0, 0.1) is 11.8 Å². The van der Waals surface area contributed by atoms with Gasteiger partial charge in [-0.3, -0.25) is 0 Å². The Morgan fingerprint density at radius 3 is 2.60 bits per heavy atom. The molecular weight excluding hydrogens is 196 g/mol. The van der Waals surface area contributed by atoms with Crippen molar-refractivity contribution in [2.24, 2.45) is 11.8 Å². The third-order valence-corrected chi connectivity index (χ3v) is 7.47. The van der Waals surface area contributed by atoms with E-state index >= 15 is 0 Å². The molecule has 0 heterocycles. The van der Waals surface area contributed by atoms with Crippen molar-refractivity contribution in [2.75, 3.05) is 0 Å². The maximum Gasteiger partial charge on any atom is 0.0474 e. The van der Waals surface area contributed by atoms with Crippen molar-refractivity contribution in [1.29, 1.82) is 0 Å². The van der Waals surface area contributed by atoms with Gasteiger partial charge in [0, 0.05) is 8.07 Å². The predicted molar refractivity (Wildman–Crippen MR) is 70.9 cm³/mol. The van der Waals surface area contributed by atoms with Gasteiger partial charge in [0.25, 0.3) is 0 Å². The molecule has 3 atom stereocenters. The lowest BCUT2D eigenvalue weighted by molar-refractivity contribution is 0.400. The van der Waals surface area contributed by atoms with Gasteiger partial charge in [-0.05, 0) is 49.5 Å². The van der Waals surface area contributed by atoms with Crippen molar-refractivity contribution in [3.63, 3.8) is 0 Å². The molecule has 0 aromatic heterocycles. The van der Waals surface area contributed by atoms with Gasteiger partial charge in [0.05, 0.1) is 0 Å². The number of hydrogen-bond acceptors (Lipinski definition) is 0. The summed E-state index contributed by atoms with van der Waals surface area (Å²) in [6.45, 7) is 7.67. The average molecular weight is 222 g/mol. The van der Waals surface area contributed by atoms with Crippen LogP contribution in [0.3, 0.4) is 0 Å². The Morgan fingerprint density at radius 2 is 1.87 bits per heavy atom. The van der Waals surface area contributed by atoms with E-state index < -0.39 is 8.07 Å². The van der Waals surface area contributed by atoms with E-state index in [1.807, 2.05) is 0 Å². The molecule has 1 saturated carbocycles. The molecule has 1 heteroatoms. The summed E-state index contributed by atoms with van der Waals surface area (Å²) < 4.78 is 0. The molecule has 0 nitrogen and oxygen atoms in total. The van der Waals surface area contributed by atoms with Gasteiger partial charge in [-0.1, -0.05) is 38.2 Å². The smallest absolute Gasteiger partial charge is 0.0474 e. The fourth-order valence-corrected chi connectivity index (χ4v) is 5.36. The molecule has 2 aliphatic carbocycles. The summed E-state index contributed by atoms with van der Waals surface area (Å²) in [6.07, 6.45) is 13.8. The van der Waals surface area contributed by atoms with Crippen LogP contribution >= 0.6 is 0 Å². The van der Waals surface area contributed by atoms with Gasteiger partial charge in [0.1, 0.15) is 0 Å².